The van der Waals surface area contributed by atoms with Gasteiger partial charge in [-0.25, -0.2) is 0 Å². The molecule has 130 valence electrons. The Balaban J connectivity index is 1.72. The molecule has 1 amide bonds. The van der Waals surface area contributed by atoms with Gasteiger partial charge < -0.3 is 4.90 Å². The van der Waals surface area contributed by atoms with Crippen molar-refractivity contribution in [1.82, 2.24) is 15.8 Å². The van der Waals surface area contributed by atoms with Crippen LogP contribution in [0.4, 0.5) is 13.2 Å². The van der Waals surface area contributed by atoms with E-state index in [4.69, 9.17) is 0 Å². The molecule has 3 rings (SSSR count). The van der Waals surface area contributed by atoms with E-state index in [9.17, 15) is 18.0 Å². The van der Waals surface area contributed by atoms with E-state index in [1.54, 1.807) is 17.9 Å². The molecule has 1 aromatic carbocycles. The van der Waals surface area contributed by atoms with Crippen molar-refractivity contribution in [2.75, 3.05) is 19.6 Å². The van der Waals surface area contributed by atoms with E-state index >= 15 is 0 Å². The van der Waals surface area contributed by atoms with E-state index < -0.39 is 11.7 Å². The maximum atomic E-state index is 12.8. The van der Waals surface area contributed by atoms with Crippen LogP contribution in [0.15, 0.2) is 30.3 Å². The first-order chi connectivity index (χ1) is 11.3. The van der Waals surface area contributed by atoms with Crippen LogP contribution in [-0.2, 0) is 11.0 Å². The summed E-state index contributed by atoms with van der Waals surface area (Å²) in [6.45, 7) is 3.81. The molecular formula is C17H20F3N3O. The summed E-state index contributed by atoms with van der Waals surface area (Å²) in [7, 11) is 0. The number of hydrogen-bond acceptors (Lipinski definition) is 3. The first kappa shape index (κ1) is 17.0. The van der Waals surface area contributed by atoms with E-state index in [1.165, 1.54) is 12.1 Å². The van der Waals surface area contributed by atoms with Crippen LogP contribution < -0.4 is 10.9 Å². The number of halogens is 3. The van der Waals surface area contributed by atoms with Crippen molar-refractivity contribution in [3.05, 3.63) is 41.5 Å². The molecule has 0 aliphatic carbocycles. The minimum atomic E-state index is -4.38. The molecule has 2 aliphatic rings. The van der Waals surface area contributed by atoms with Crippen molar-refractivity contribution in [3.8, 4) is 0 Å². The molecule has 0 saturated carbocycles. The van der Waals surface area contributed by atoms with E-state index in [-0.39, 0.29) is 5.91 Å². The summed E-state index contributed by atoms with van der Waals surface area (Å²) >= 11 is 0. The van der Waals surface area contributed by atoms with Gasteiger partial charge in [-0.05, 0) is 36.6 Å². The Bertz CT molecular complexity index is 657. The number of fused-ring (bicyclic) bond motifs is 1. The van der Waals surface area contributed by atoms with E-state index in [2.05, 4.69) is 10.9 Å². The van der Waals surface area contributed by atoms with Gasteiger partial charge in [0, 0.05) is 37.7 Å². The van der Waals surface area contributed by atoms with Crippen LogP contribution in [0, 0.1) is 5.92 Å². The van der Waals surface area contributed by atoms with Crippen molar-refractivity contribution in [3.63, 3.8) is 0 Å². The fourth-order valence-electron chi connectivity index (χ4n) is 3.25. The van der Waals surface area contributed by atoms with E-state index in [1.807, 2.05) is 0 Å². The number of nitrogens with one attached hydrogen (secondary N) is 2. The second kappa shape index (κ2) is 6.57. The summed E-state index contributed by atoms with van der Waals surface area (Å²) in [4.78, 5) is 14.2. The Labute approximate surface area is 138 Å². The van der Waals surface area contributed by atoms with Crippen LogP contribution in [0.1, 0.15) is 24.5 Å². The quantitative estimate of drug-likeness (QED) is 0.814. The van der Waals surface area contributed by atoms with Gasteiger partial charge in [-0.15, -0.1) is 0 Å². The predicted octanol–water partition coefficient (Wildman–Crippen LogP) is 2.43. The number of carbonyl (C=O) groups is 1. The molecule has 2 fully saturated rings. The van der Waals surface area contributed by atoms with Crippen LogP contribution in [-0.4, -0.2) is 36.5 Å². The number of rotatable bonds is 2. The maximum Gasteiger partial charge on any atom is 0.416 e. The number of piperidine rings is 1. The van der Waals surface area contributed by atoms with Gasteiger partial charge in [-0.1, -0.05) is 12.1 Å². The zero-order valence-corrected chi connectivity index (χ0v) is 13.4. The van der Waals surface area contributed by atoms with Gasteiger partial charge in [0.1, 0.15) is 0 Å². The average Bonchev–Trinajstić information content (AvgIpc) is 3.01. The second-order valence-corrected chi connectivity index (χ2v) is 6.37. The van der Waals surface area contributed by atoms with Gasteiger partial charge in [-0.3, -0.25) is 15.6 Å². The Morgan fingerprint density at radius 3 is 2.92 bits per heavy atom. The molecule has 0 bridgehead atoms. The van der Waals surface area contributed by atoms with Gasteiger partial charge in [-0.2, -0.15) is 13.2 Å². The normalized spacial score (nSPS) is 24.8. The first-order valence-electron chi connectivity index (χ1n) is 7.98. The molecule has 0 aromatic heterocycles. The topological polar surface area (TPSA) is 44.4 Å². The number of allylic oxidation sites excluding steroid dienone is 1. The number of alkyl halides is 3. The summed E-state index contributed by atoms with van der Waals surface area (Å²) in [6.07, 6.45) is -2.07. The molecule has 0 spiro atoms. The number of carbonyl (C=O) groups excluding carboxylic acids is 1. The van der Waals surface area contributed by atoms with Crippen LogP contribution in [0.25, 0.3) is 5.57 Å². The Hall–Kier alpha value is -1.86. The van der Waals surface area contributed by atoms with Crippen LogP contribution in [0.5, 0.6) is 0 Å². The van der Waals surface area contributed by atoms with Crippen molar-refractivity contribution < 1.29 is 18.0 Å². The SMILES string of the molecule is C/C(=C/C(=O)N1CCC2NNCC2C1)c1cccc(C(F)(F)F)c1. The monoisotopic (exact) mass is 339 g/mol. The maximum absolute atomic E-state index is 12.8. The van der Waals surface area contributed by atoms with Crippen molar-refractivity contribution >= 4 is 11.5 Å². The molecule has 24 heavy (non-hydrogen) atoms. The summed E-state index contributed by atoms with van der Waals surface area (Å²) in [5, 5.41) is 0. The van der Waals surface area contributed by atoms with Gasteiger partial charge in [0.25, 0.3) is 0 Å². The molecule has 2 saturated heterocycles. The lowest BCUT2D eigenvalue weighted by Gasteiger charge is -2.33. The lowest BCUT2D eigenvalue weighted by Crippen LogP contribution is -2.47. The van der Waals surface area contributed by atoms with Gasteiger partial charge in [0.05, 0.1) is 5.56 Å². The fraction of sp³-hybridized carbons (Fsp3) is 0.471. The van der Waals surface area contributed by atoms with Gasteiger partial charge in [0.2, 0.25) is 5.91 Å². The van der Waals surface area contributed by atoms with Crippen molar-refractivity contribution in [2.45, 2.75) is 25.6 Å². The molecule has 2 atom stereocenters. The average molecular weight is 339 g/mol. The van der Waals surface area contributed by atoms with E-state index in [0.29, 0.717) is 36.2 Å². The number of nitrogens with zero attached hydrogens (tertiary/aromatic N) is 1. The summed E-state index contributed by atoms with van der Waals surface area (Å²) in [5.41, 5.74) is 6.54. The number of benzene rings is 1. The summed E-state index contributed by atoms with van der Waals surface area (Å²) in [5.74, 6) is 0.236. The fourth-order valence-corrected chi connectivity index (χ4v) is 3.25. The highest BCUT2D eigenvalue weighted by Crippen LogP contribution is 2.31. The molecule has 2 unspecified atom stereocenters. The molecule has 4 nitrogen and oxygen atoms in total. The lowest BCUT2D eigenvalue weighted by atomic mass is 9.94. The first-order valence-corrected chi connectivity index (χ1v) is 7.98. The molecule has 2 heterocycles. The Morgan fingerprint density at radius 2 is 2.17 bits per heavy atom. The highest BCUT2D eigenvalue weighted by Gasteiger charge is 2.34. The van der Waals surface area contributed by atoms with E-state index in [0.717, 1.165) is 25.1 Å². The molecule has 7 heteroatoms. The third kappa shape index (κ3) is 3.62. The molecule has 2 N–H and O–H groups in total. The van der Waals surface area contributed by atoms with Crippen molar-refractivity contribution in [1.29, 1.82) is 0 Å². The smallest absolute Gasteiger partial charge is 0.339 e. The van der Waals surface area contributed by atoms with Crippen LogP contribution in [0.3, 0.4) is 0 Å². The lowest BCUT2D eigenvalue weighted by molar-refractivity contribution is -0.137. The third-order valence-corrected chi connectivity index (χ3v) is 4.68. The zero-order chi connectivity index (χ0) is 17.3. The Morgan fingerprint density at radius 1 is 1.38 bits per heavy atom. The minimum Gasteiger partial charge on any atom is -0.339 e. The number of hydrazine groups is 1. The third-order valence-electron chi connectivity index (χ3n) is 4.68. The standard InChI is InChI=1S/C17H20F3N3O/c1-11(12-3-2-4-14(8-12)17(18,19)20)7-16(24)23-6-5-15-13(10-23)9-21-22-15/h2-4,7-8,13,15,21-22H,5-6,9-10H2,1H3/b11-7-. The highest BCUT2D eigenvalue weighted by atomic mass is 19.4. The number of likely N-dealkylation sites (tertiary alicyclic amines) is 1. The Kier molecular flexibility index (Phi) is 4.64. The van der Waals surface area contributed by atoms with Crippen LogP contribution >= 0.6 is 0 Å². The number of hydrogen-bond donors (Lipinski definition) is 2. The zero-order valence-electron chi connectivity index (χ0n) is 13.4. The summed E-state index contributed by atoms with van der Waals surface area (Å²) < 4.78 is 38.4. The minimum absolute atomic E-state index is 0.143. The second-order valence-electron chi connectivity index (χ2n) is 6.37. The molecule has 2 aliphatic heterocycles. The largest absolute Gasteiger partial charge is 0.416 e. The molecule has 0 radical (unpaired) electrons. The summed E-state index contributed by atoms with van der Waals surface area (Å²) in [6, 6.07) is 5.45. The molecular weight excluding hydrogens is 319 g/mol. The number of amides is 1. The van der Waals surface area contributed by atoms with Gasteiger partial charge in [0.15, 0.2) is 0 Å². The molecule has 1 aromatic rings. The highest BCUT2D eigenvalue weighted by molar-refractivity contribution is 5.95. The van der Waals surface area contributed by atoms with Gasteiger partial charge >= 0.3 is 6.18 Å². The van der Waals surface area contributed by atoms with Crippen LogP contribution in [0.2, 0.25) is 0 Å². The predicted molar refractivity (Wildman–Crippen MR) is 84.7 cm³/mol. The van der Waals surface area contributed by atoms with Crippen molar-refractivity contribution in [2.24, 2.45) is 5.92 Å².